The Kier molecular flexibility index (Phi) is 7.71. The van der Waals surface area contributed by atoms with Gasteiger partial charge in [0, 0.05) is 47.4 Å². The van der Waals surface area contributed by atoms with Crippen LogP contribution in [0.4, 0.5) is 17.1 Å². The Morgan fingerprint density at radius 1 is 1.05 bits per heavy atom. The molecule has 1 saturated heterocycles. The van der Waals surface area contributed by atoms with Crippen molar-refractivity contribution in [1.82, 2.24) is 5.32 Å². The van der Waals surface area contributed by atoms with Gasteiger partial charge in [0.1, 0.15) is 17.0 Å². The Labute approximate surface area is 233 Å². The molecule has 0 atom stereocenters. The molecule has 0 spiro atoms. The second kappa shape index (κ2) is 11.5. The molecule has 0 saturated carbocycles. The first-order valence-electron chi connectivity index (χ1n) is 12.3. The van der Waals surface area contributed by atoms with Crippen LogP contribution < -0.4 is 25.9 Å². The van der Waals surface area contributed by atoms with Gasteiger partial charge in [-0.25, -0.2) is 4.79 Å². The molecule has 11 nitrogen and oxygen atoms in total. The molecule has 0 aliphatic carbocycles. The van der Waals surface area contributed by atoms with Crippen LogP contribution in [0.3, 0.4) is 0 Å². The Bertz CT molecular complexity index is 1680. The number of carbonyl (C=O) groups excluding carboxylic acids is 1. The fourth-order valence-electron chi connectivity index (χ4n) is 4.46. The number of hydrogen-bond acceptors (Lipinski definition) is 9. The fraction of sp³-hybridized carbons (Fsp3) is 0.179. The third kappa shape index (κ3) is 5.63. The highest BCUT2D eigenvalue weighted by Crippen LogP contribution is 2.33. The van der Waals surface area contributed by atoms with Crippen molar-refractivity contribution in [1.29, 1.82) is 0 Å². The third-order valence-electron chi connectivity index (χ3n) is 6.40. The van der Waals surface area contributed by atoms with E-state index in [1.165, 1.54) is 19.2 Å². The molecule has 1 aromatic heterocycles. The van der Waals surface area contributed by atoms with Crippen molar-refractivity contribution in [3.05, 3.63) is 92.8 Å². The lowest BCUT2D eigenvalue weighted by atomic mass is 10.0. The molecule has 12 heteroatoms. The van der Waals surface area contributed by atoms with Crippen molar-refractivity contribution >= 4 is 51.3 Å². The number of benzene rings is 3. The maximum Gasteiger partial charge on any atom is 0.344 e. The molecule has 4 aromatic rings. The number of nitrogens with one attached hydrogen (secondary N) is 2. The molecule has 1 aliphatic rings. The van der Waals surface area contributed by atoms with E-state index in [-0.39, 0.29) is 16.4 Å². The lowest BCUT2D eigenvalue weighted by Crippen LogP contribution is -2.37. The van der Waals surface area contributed by atoms with E-state index in [9.17, 15) is 19.7 Å². The van der Waals surface area contributed by atoms with Gasteiger partial charge in [-0.15, -0.1) is 0 Å². The predicted octanol–water partition coefficient (Wildman–Crippen LogP) is 4.34. The van der Waals surface area contributed by atoms with Gasteiger partial charge in [0.2, 0.25) is 0 Å². The van der Waals surface area contributed by atoms with Gasteiger partial charge in [-0.2, -0.15) is 0 Å². The van der Waals surface area contributed by atoms with E-state index in [1.807, 2.05) is 17.0 Å². The van der Waals surface area contributed by atoms with E-state index in [0.29, 0.717) is 60.1 Å². The summed E-state index contributed by atoms with van der Waals surface area (Å²) in [5.74, 6) is -0.220. The van der Waals surface area contributed by atoms with Crippen LogP contribution >= 0.6 is 12.2 Å². The number of hydrogen-bond donors (Lipinski definition) is 2. The lowest BCUT2D eigenvalue weighted by Gasteiger charge is -2.28. The third-order valence-corrected chi connectivity index (χ3v) is 6.61. The van der Waals surface area contributed by atoms with Crippen LogP contribution in [0, 0.1) is 10.1 Å². The predicted molar refractivity (Wildman–Crippen MR) is 154 cm³/mol. The molecule has 5 rings (SSSR count). The van der Waals surface area contributed by atoms with Crippen LogP contribution in [0.25, 0.3) is 22.1 Å². The summed E-state index contributed by atoms with van der Waals surface area (Å²) < 4.78 is 16.3. The normalized spacial score (nSPS) is 13.1. The molecular formula is C28H24N4O7S. The average molecular weight is 561 g/mol. The number of thiocarbonyl (C=S) groups is 1. The van der Waals surface area contributed by atoms with Crippen molar-refractivity contribution in [2.75, 3.05) is 43.6 Å². The molecule has 3 aromatic carbocycles. The summed E-state index contributed by atoms with van der Waals surface area (Å²) in [5, 5.41) is 17.9. The van der Waals surface area contributed by atoms with Crippen molar-refractivity contribution in [3.63, 3.8) is 0 Å². The van der Waals surface area contributed by atoms with Crippen LogP contribution in [-0.2, 0) is 4.74 Å². The number of ether oxygens (including phenoxy) is 2. The molecule has 0 radical (unpaired) electrons. The maximum absolute atomic E-state index is 12.8. The highest BCUT2D eigenvalue weighted by Gasteiger charge is 2.24. The standard InChI is InChI=1S/C28H24N4O7S/c1-37-25-16-19(7-8-20(25)21-14-17-4-2-3-5-24(17)39-27(21)34)29-28(40)30-26(33)18-6-9-22(23(15-18)32(35)36)31-10-12-38-13-11-31/h2-9,14-16H,10-13H2,1H3,(H2,29,30,33,40). The number of fused-ring (bicyclic) bond motifs is 1. The number of amides is 1. The summed E-state index contributed by atoms with van der Waals surface area (Å²) in [7, 11) is 1.47. The summed E-state index contributed by atoms with van der Waals surface area (Å²) in [6.45, 7) is 1.99. The van der Waals surface area contributed by atoms with Gasteiger partial charge in [-0.05, 0) is 48.6 Å². The quantitative estimate of drug-likeness (QED) is 0.152. The zero-order valence-electron chi connectivity index (χ0n) is 21.3. The van der Waals surface area contributed by atoms with E-state index in [0.717, 1.165) is 5.39 Å². The minimum atomic E-state index is -0.605. The van der Waals surface area contributed by atoms with E-state index in [2.05, 4.69) is 10.6 Å². The zero-order valence-corrected chi connectivity index (χ0v) is 22.2. The Hall–Kier alpha value is -4.81. The molecule has 2 N–H and O–H groups in total. The number of para-hydroxylation sites is 1. The molecule has 204 valence electrons. The van der Waals surface area contributed by atoms with Crippen molar-refractivity contribution in [3.8, 4) is 16.9 Å². The highest BCUT2D eigenvalue weighted by atomic mass is 32.1. The first kappa shape index (κ1) is 26.8. The van der Waals surface area contributed by atoms with Crippen LogP contribution in [0.2, 0.25) is 0 Å². The number of carbonyl (C=O) groups is 1. The van der Waals surface area contributed by atoms with Gasteiger partial charge >= 0.3 is 5.63 Å². The lowest BCUT2D eigenvalue weighted by molar-refractivity contribution is -0.384. The van der Waals surface area contributed by atoms with Crippen molar-refractivity contribution in [2.24, 2.45) is 0 Å². The summed E-state index contributed by atoms with van der Waals surface area (Å²) in [6, 6.07) is 18.2. The van der Waals surface area contributed by atoms with E-state index in [4.69, 9.17) is 26.1 Å². The Balaban J connectivity index is 1.32. The molecule has 0 bridgehead atoms. The van der Waals surface area contributed by atoms with Gasteiger partial charge in [-0.1, -0.05) is 18.2 Å². The largest absolute Gasteiger partial charge is 0.496 e. The minimum Gasteiger partial charge on any atom is -0.496 e. The van der Waals surface area contributed by atoms with Crippen LogP contribution in [0.1, 0.15) is 10.4 Å². The number of methoxy groups -OCH3 is 1. The second-order valence-corrected chi connectivity index (χ2v) is 9.28. The van der Waals surface area contributed by atoms with Gasteiger partial charge in [0.25, 0.3) is 11.6 Å². The average Bonchev–Trinajstić information content (AvgIpc) is 2.96. The van der Waals surface area contributed by atoms with Crippen LogP contribution in [0.15, 0.2) is 75.9 Å². The fourth-order valence-corrected chi connectivity index (χ4v) is 4.67. The van der Waals surface area contributed by atoms with Gasteiger partial charge in [-0.3, -0.25) is 20.2 Å². The van der Waals surface area contributed by atoms with Gasteiger partial charge < -0.3 is 24.1 Å². The highest BCUT2D eigenvalue weighted by molar-refractivity contribution is 7.80. The minimum absolute atomic E-state index is 0.0232. The first-order chi connectivity index (χ1) is 19.3. The number of nitro benzene ring substituents is 1. The molecule has 0 unspecified atom stereocenters. The maximum atomic E-state index is 12.8. The molecule has 2 heterocycles. The number of morpholine rings is 1. The van der Waals surface area contributed by atoms with E-state index in [1.54, 1.807) is 42.5 Å². The second-order valence-electron chi connectivity index (χ2n) is 8.87. The Morgan fingerprint density at radius 3 is 2.58 bits per heavy atom. The zero-order chi connectivity index (χ0) is 28.2. The van der Waals surface area contributed by atoms with Crippen LogP contribution in [-0.4, -0.2) is 49.4 Å². The van der Waals surface area contributed by atoms with E-state index >= 15 is 0 Å². The molecule has 1 fully saturated rings. The van der Waals surface area contributed by atoms with E-state index < -0.39 is 16.5 Å². The van der Waals surface area contributed by atoms with Crippen molar-refractivity contribution in [2.45, 2.75) is 0 Å². The number of anilines is 2. The molecule has 40 heavy (non-hydrogen) atoms. The van der Waals surface area contributed by atoms with Gasteiger partial charge in [0.15, 0.2) is 5.11 Å². The SMILES string of the molecule is COc1cc(NC(=S)NC(=O)c2ccc(N3CCOCC3)c([N+](=O)[O-])c2)ccc1-c1cc2ccccc2oc1=O. The summed E-state index contributed by atoms with van der Waals surface area (Å²) in [5.41, 5.74) is 1.67. The number of nitro groups is 1. The Morgan fingerprint density at radius 2 is 1.82 bits per heavy atom. The van der Waals surface area contributed by atoms with Crippen LogP contribution in [0.5, 0.6) is 5.75 Å². The smallest absolute Gasteiger partial charge is 0.344 e. The first-order valence-corrected chi connectivity index (χ1v) is 12.7. The van der Waals surface area contributed by atoms with Crippen molar-refractivity contribution < 1.29 is 23.6 Å². The monoisotopic (exact) mass is 560 g/mol. The number of nitrogens with zero attached hydrogens (tertiary/aromatic N) is 2. The number of rotatable bonds is 6. The molecule has 1 amide bonds. The summed E-state index contributed by atoms with van der Waals surface area (Å²) in [4.78, 5) is 38.6. The summed E-state index contributed by atoms with van der Waals surface area (Å²) >= 11 is 5.30. The molecular weight excluding hydrogens is 536 g/mol. The van der Waals surface area contributed by atoms with Gasteiger partial charge in [0.05, 0.1) is 30.8 Å². The topological polar surface area (TPSA) is 136 Å². The summed E-state index contributed by atoms with van der Waals surface area (Å²) in [6.07, 6.45) is 0. The molecule has 1 aliphatic heterocycles.